The second-order valence-corrected chi connectivity index (χ2v) is 4.61. The van der Waals surface area contributed by atoms with Crippen molar-refractivity contribution in [1.29, 1.82) is 0 Å². The Labute approximate surface area is 98.0 Å². The normalized spacial score (nSPS) is 20.2. The summed E-state index contributed by atoms with van der Waals surface area (Å²) in [7, 11) is 0. The highest BCUT2D eigenvalue weighted by Gasteiger charge is 2.14. The molecule has 0 spiro atoms. The molecule has 1 aromatic rings. The van der Waals surface area contributed by atoms with E-state index in [-0.39, 0.29) is 0 Å². The first kappa shape index (κ1) is 11.6. The van der Waals surface area contributed by atoms with Gasteiger partial charge < -0.3 is 10.1 Å². The number of hydrogen-bond acceptors (Lipinski definition) is 2. The number of ether oxygens (including phenoxy) is 1. The van der Waals surface area contributed by atoms with Crippen LogP contribution < -0.4 is 5.32 Å². The molecule has 88 valence electrons. The van der Waals surface area contributed by atoms with Crippen molar-refractivity contribution in [3.8, 4) is 0 Å². The molecule has 1 unspecified atom stereocenters. The summed E-state index contributed by atoms with van der Waals surface area (Å²) in [6.45, 7) is 6.24. The summed E-state index contributed by atoms with van der Waals surface area (Å²) in [6.07, 6.45) is 2.34. The zero-order valence-corrected chi connectivity index (χ0v) is 10.0. The van der Waals surface area contributed by atoms with Crippen LogP contribution in [0, 0.1) is 12.8 Å². The predicted octanol–water partition coefficient (Wildman–Crippen LogP) is 2.16. The monoisotopic (exact) mass is 219 g/mol. The van der Waals surface area contributed by atoms with E-state index in [2.05, 4.69) is 36.5 Å². The Morgan fingerprint density at radius 3 is 3.00 bits per heavy atom. The van der Waals surface area contributed by atoms with Crippen molar-refractivity contribution in [2.24, 2.45) is 5.92 Å². The van der Waals surface area contributed by atoms with Gasteiger partial charge in [-0.3, -0.25) is 0 Å². The van der Waals surface area contributed by atoms with Gasteiger partial charge in [0, 0.05) is 13.2 Å². The Morgan fingerprint density at radius 1 is 1.38 bits per heavy atom. The molecule has 0 amide bonds. The Balaban J connectivity index is 1.66. The average Bonchev–Trinajstić information content (AvgIpc) is 2.79. The van der Waals surface area contributed by atoms with E-state index < -0.39 is 0 Å². The molecule has 0 saturated carbocycles. The van der Waals surface area contributed by atoms with Gasteiger partial charge in [0.1, 0.15) is 0 Å². The van der Waals surface area contributed by atoms with E-state index in [1.165, 1.54) is 17.5 Å². The number of benzene rings is 1. The van der Waals surface area contributed by atoms with E-state index in [1.54, 1.807) is 0 Å². The number of aryl methyl sites for hydroxylation is 1. The summed E-state index contributed by atoms with van der Waals surface area (Å²) in [5.41, 5.74) is 2.85. The van der Waals surface area contributed by atoms with Crippen LogP contribution in [-0.4, -0.2) is 26.3 Å². The molecule has 1 heterocycles. The van der Waals surface area contributed by atoms with Gasteiger partial charge in [0.25, 0.3) is 0 Å². The van der Waals surface area contributed by atoms with Crippen molar-refractivity contribution in [2.45, 2.75) is 19.8 Å². The highest BCUT2D eigenvalue weighted by Crippen LogP contribution is 2.11. The van der Waals surface area contributed by atoms with Crippen LogP contribution >= 0.6 is 0 Å². The second-order valence-electron chi connectivity index (χ2n) is 4.61. The van der Waals surface area contributed by atoms with Gasteiger partial charge in [-0.25, -0.2) is 0 Å². The molecule has 0 aliphatic carbocycles. The third-order valence-electron chi connectivity index (χ3n) is 3.29. The SMILES string of the molecule is Cc1ccccc1CCNCC1CCOC1. The number of rotatable bonds is 5. The highest BCUT2D eigenvalue weighted by molar-refractivity contribution is 5.25. The van der Waals surface area contributed by atoms with E-state index in [9.17, 15) is 0 Å². The Bertz CT molecular complexity index is 318. The summed E-state index contributed by atoms with van der Waals surface area (Å²) >= 11 is 0. The van der Waals surface area contributed by atoms with Crippen LogP contribution in [0.25, 0.3) is 0 Å². The van der Waals surface area contributed by atoms with Crippen molar-refractivity contribution >= 4 is 0 Å². The molecule has 0 aromatic heterocycles. The van der Waals surface area contributed by atoms with Crippen LogP contribution in [0.2, 0.25) is 0 Å². The molecule has 16 heavy (non-hydrogen) atoms. The number of nitrogens with one attached hydrogen (secondary N) is 1. The van der Waals surface area contributed by atoms with Crippen LogP contribution in [0.1, 0.15) is 17.5 Å². The summed E-state index contributed by atoms with van der Waals surface area (Å²) < 4.78 is 5.35. The van der Waals surface area contributed by atoms with Crippen molar-refractivity contribution in [2.75, 3.05) is 26.3 Å². The topological polar surface area (TPSA) is 21.3 Å². The Morgan fingerprint density at radius 2 is 2.25 bits per heavy atom. The van der Waals surface area contributed by atoms with E-state index in [4.69, 9.17) is 4.74 Å². The van der Waals surface area contributed by atoms with E-state index in [0.717, 1.165) is 38.6 Å². The van der Waals surface area contributed by atoms with Crippen molar-refractivity contribution in [3.05, 3.63) is 35.4 Å². The maximum Gasteiger partial charge on any atom is 0.0507 e. The zero-order chi connectivity index (χ0) is 11.2. The quantitative estimate of drug-likeness (QED) is 0.766. The van der Waals surface area contributed by atoms with Crippen LogP contribution in [0.3, 0.4) is 0 Å². The van der Waals surface area contributed by atoms with Crippen LogP contribution in [0.4, 0.5) is 0 Å². The zero-order valence-electron chi connectivity index (χ0n) is 10.0. The number of hydrogen-bond donors (Lipinski definition) is 1. The lowest BCUT2D eigenvalue weighted by Gasteiger charge is -2.10. The van der Waals surface area contributed by atoms with Crippen molar-refractivity contribution < 1.29 is 4.74 Å². The highest BCUT2D eigenvalue weighted by atomic mass is 16.5. The fourth-order valence-corrected chi connectivity index (χ4v) is 2.16. The Kier molecular flexibility index (Phi) is 4.37. The molecule has 1 N–H and O–H groups in total. The first-order valence-corrected chi connectivity index (χ1v) is 6.19. The molecule has 2 nitrogen and oxygen atoms in total. The van der Waals surface area contributed by atoms with Crippen molar-refractivity contribution in [3.63, 3.8) is 0 Å². The summed E-state index contributed by atoms with van der Waals surface area (Å²) in [5.74, 6) is 0.733. The summed E-state index contributed by atoms with van der Waals surface area (Å²) in [4.78, 5) is 0. The van der Waals surface area contributed by atoms with Gasteiger partial charge in [-0.05, 0) is 43.4 Å². The first-order valence-electron chi connectivity index (χ1n) is 6.19. The van der Waals surface area contributed by atoms with Crippen molar-refractivity contribution in [1.82, 2.24) is 5.32 Å². The van der Waals surface area contributed by atoms with Gasteiger partial charge in [-0.1, -0.05) is 24.3 Å². The van der Waals surface area contributed by atoms with Crippen LogP contribution in [0.15, 0.2) is 24.3 Å². The van der Waals surface area contributed by atoms with Crippen LogP contribution in [-0.2, 0) is 11.2 Å². The predicted molar refractivity (Wildman–Crippen MR) is 66.7 cm³/mol. The third-order valence-corrected chi connectivity index (χ3v) is 3.29. The lowest BCUT2D eigenvalue weighted by Crippen LogP contribution is -2.25. The molecule has 0 bridgehead atoms. The smallest absolute Gasteiger partial charge is 0.0507 e. The summed E-state index contributed by atoms with van der Waals surface area (Å²) in [6, 6.07) is 8.62. The molecule has 2 heteroatoms. The van der Waals surface area contributed by atoms with E-state index in [1.807, 2.05) is 0 Å². The molecule has 1 aliphatic heterocycles. The minimum absolute atomic E-state index is 0.733. The molecular weight excluding hydrogens is 198 g/mol. The molecule has 0 radical (unpaired) electrons. The minimum atomic E-state index is 0.733. The maximum absolute atomic E-state index is 5.35. The van der Waals surface area contributed by atoms with Gasteiger partial charge >= 0.3 is 0 Å². The molecule has 1 aliphatic rings. The third kappa shape index (κ3) is 3.32. The molecule has 1 fully saturated rings. The summed E-state index contributed by atoms with van der Waals surface area (Å²) in [5, 5.41) is 3.52. The van der Waals surface area contributed by atoms with Gasteiger partial charge in [0.15, 0.2) is 0 Å². The minimum Gasteiger partial charge on any atom is -0.381 e. The van der Waals surface area contributed by atoms with E-state index >= 15 is 0 Å². The first-order chi connectivity index (χ1) is 7.86. The molecule has 1 atom stereocenters. The lowest BCUT2D eigenvalue weighted by atomic mass is 10.1. The van der Waals surface area contributed by atoms with Gasteiger partial charge in [-0.15, -0.1) is 0 Å². The van der Waals surface area contributed by atoms with E-state index in [0.29, 0.717) is 0 Å². The maximum atomic E-state index is 5.35. The van der Waals surface area contributed by atoms with Gasteiger partial charge in [-0.2, -0.15) is 0 Å². The fourth-order valence-electron chi connectivity index (χ4n) is 2.16. The largest absolute Gasteiger partial charge is 0.381 e. The van der Waals surface area contributed by atoms with Gasteiger partial charge in [0.2, 0.25) is 0 Å². The standard InChI is InChI=1S/C14H21NO/c1-12-4-2-3-5-14(12)6-8-15-10-13-7-9-16-11-13/h2-5,13,15H,6-11H2,1H3. The molecule has 1 aromatic carbocycles. The second kappa shape index (κ2) is 6.02. The Hall–Kier alpha value is -0.860. The fraction of sp³-hybridized carbons (Fsp3) is 0.571. The molecular formula is C14H21NO. The molecule has 1 saturated heterocycles. The van der Waals surface area contributed by atoms with Gasteiger partial charge in [0.05, 0.1) is 6.61 Å². The van der Waals surface area contributed by atoms with Crippen LogP contribution in [0.5, 0.6) is 0 Å². The average molecular weight is 219 g/mol. The molecule has 2 rings (SSSR count). The lowest BCUT2D eigenvalue weighted by molar-refractivity contribution is 0.185.